The van der Waals surface area contributed by atoms with Crippen molar-refractivity contribution in [2.75, 3.05) is 0 Å². The molecule has 0 saturated heterocycles. The summed E-state index contributed by atoms with van der Waals surface area (Å²) in [5, 5.41) is 9.76. The van der Waals surface area contributed by atoms with Gasteiger partial charge in [0.25, 0.3) is 0 Å². The number of rotatable bonds is 3. The second-order valence-electron chi connectivity index (χ2n) is 3.27. The van der Waals surface area contributed by atoms with Crippen molar-refractivity contribution in [2.45, 2.75) is 25.9 Å². The van der Waals surface area contributed by atoms with Crippen LogP contribution in [-0.4, -0.2) is 5.11 Å². The van der Waals surface area contributed by atoms with Crippen molar-refractivity contribution in [3.63, 3.8) is 0 Å². The molecule has 0 aliphatic rings. The molecule has 14 heavy (non-hydrogen) atoms. The van der Waals surface area contributed by atoms with Gasteiger partial charge in [-0.05, 0) is 30.5 Å². The summed E-state index contributed by atoms with van der Waals surface area (Å²) in [7, 11) is 0. The van der Waals surface area contributed by atoms with Gasteiger partial charge in [-0.1, -0.05) is 28.1 Å². The first kappa shape index (κ1) is 11.3. The van der Waals surface area contributed by atoms with Crippen molar-refractivity contribution >= 4 is 15.9 Å². The van der Waals surface area contributed by atoms with E-state index in [0.29, 0.717) is 12.8 Å². The molecule has 0 amide bonds. The van der Waals surface area contributed by atoms with Crippen LogP contribution in [0.25, 0.3) is 0 Å². The average Bonchev–Trinajstić information content (AvgIpc) is 2.18. The zero-order valence-corrected chi connectivity index (χ0v) is 9.71. The fourth-order valence-electron chi connectivity index (χ4n) is 1.26. The lowest BCUT2D eigenvalue weighted by Crippen LogP contribution is -1.97. The van der Waals surface area contributed by atoms with E-state index in [0.717, 1.165) is 15.6 Å². The van der Waals surface area contributed by atoms with Crippen molar-refractivity contribution in [1.82, 2.24) is 0 Å². The van der Waals surface area contributed by atoms with Crippen LogP contribution < -0.4 is 0 Å². The number of aliphatic hydroxyl groups excluding tert-OH is 1. The van der Waals surface area contributed by atoms with Crippen LogP contribution in [0.2, 0.25) is 0 Å². The standard InChI is InChI=1S/C12H13BrO/c1-3-4-5-12(14)10-6-7-11(13)9(2)8-10/h1,6-8,12,14H,4-5H2,2H3. The molecular formula is C12H13BrO. The molecule has 0 fully saturated rings. The smallest absolute Gasteiger partial charge is 0.0799 e. The van der Waals surface area contributed by atoms with E-state index in [4.69, 9.17) is 6.42 Å². The van der Waals surface area contributed by atoms with E-state index in [1.54, 1.807) is 0 Å². The highest BCUT2D eigenvalue weighted by atomic mass is 79.9. The quantitative estimate of drug-likeness (QED) is 0.820. The van der Waals surface area contributed by atoms with E-state index >= 15 is 0 Å². The van der Waals surface area contributed by atoms with Gasteiger partial charge in [0.15, 0.2) is 0 Å². The Bertz CT molecular complexity index is 352. The summed E-state index contributed by atoms with van der Waals surface area (Å²) in [4.78, 5) is 0. The van der Waals surface area contributed by atoms with Crippen LogP contribution in [0.1, 0.15) is 30.1 Å². The molecule has 0 bridgehead atoms. The zero-order valence-electron chi connectivity index (χ0n) is 8.13. The Labute approximate surface area is 93.3 Å². The first-order valence-electron chi connectivity index (χ1n) is 4.52. The fourth-order valence-corrected chi connectivity index (χ4v) is 1.51. The zero-order chi connectivity index (χ0) is 10.6. The van der Waals surface area contributed by atoms with Crippen LogP contribution in [0.3, 0.4) is 0 Å². The van der Waals surface area contributed by atoms with Crippen molar-refractivity contribution < 1.29 is 5.11 Å². The van der Waals surface area contributed by atoms with Gasteiger partial charge in [-0.3, -0.25) is 0 Å². The minimum atomic E-state index is -0.446. The Morgan fingerprint density at radius 2 is 2.29 bits per heavy atom. The van der Waals surface area contributed by atoms with Crippen LogP contribution in [-0.2, 0) is 0 Å². The second-order valence-corrected chi connectivity index (χ2v) is 4.12. The molecule has 1 rings (SSSR count). The molecule has 0 heterocycles. The molecule has 1 atom stereocenters. The van der Waals surface area contributed by atoms with Crippen LogP contribution in [0, 0.1) is 19.3 Å². The van der Waals surface area contributed by atoms with Gasteiger partial charge in [0.1, 0.15) is 0 Å². The second kappa shape index (κ2) is 5.19. The first-order chi connectivity index (χ1) is 6.65. The first-order valence-corrected chi connectivity index (χ1v) is 5.32. The lowest BCUT2D eigenvalue weighted by Gasteiger charge is -2.10. The monoisotopic (exact) mass is 252 g/mol. The topological polar surface area (TPSA) is 20.2 Å². The number of benzene rings is 1. The van der Waals surface area contributed by atoms with E-state index in [-0.39, 0.29) is 0 Å². The maximum absolute atomic E-state index is 9.76. The fraction of sp³-hybridized carbons (Fsp3) is 0.333. The number of halogens is 1. The van der Waals surface area contributed by atoms with Gasteiger partial charge in [0.2, 0.25) is 0 Å². The Morgan fingerprint density at radius 3 is 2.86 bits per heavy atom. The number of hydrogen-bond acceptors (Lipinski definition) is 1. The van der Waals surface area contributed by atoms with Gasteiger partial charge in [-0.25, -0.2) is 0 Å². The Hall–Kier alpha value is -0.780. The van der Waals surface area contributed by atoms with E-state index < -0.39 is 6.10 Å². The van der Waals surface area contributed by atoms with Crippen molar-refractivity contribution in [3.8, 4) is 12.3 Å². The highest BCUT2D eigenvalue weighted by Gasteiger charge is 2.07. The SMILES string of the molecule is C#CCCC(O)c1ccc(Br)c(C)c1. The van der Waals surface area contributed by atoms with Crippen molar-refractivity contribution in [2.24, 2.45) is 0 Å². The van der Waals surface area contributed by atoms with Gasteiger partial charge >= 0.3 is 0 Å². The van der Waals surface area contributed by atoms with Crippen LogP contribution in [0.15, 0.2) is 22.7 Å². The summed E-state index contributed by atoms with van der Waals surface area (Å²) in [5.74, 6) is 2.53. The summed E-state index contributed by atoms with van der Waals surface area (Å²) in [5.41, 5.74) is 2.06. The molecule has 0 radical (unpaired) electrons. The molecule has 1 nitrogen and oxygen atoms in total. The van der Waals surface area contributed by atoms with Crippen LogP contribution >= 0.6 is 15.9 Å². The highest BCUT2D eigenvalue weighted by Crippen LogP contribution is 2.23. The van der Waals surface area contributed by atoms with Gasteiger partial charge in [-0.15, -0.1) is 12.3 Å². The van der Waals surface area contributed by atoms with Crippen molar-refractivity contribution in [3.05, 3.63) is 33.8 Å². The summed E-state index contributed by atoms with van der Waals surface area (Å²) in [6.45, 7) is 2.00. The summed E-state index contributed by atoms with van der Waals surface area (Å²) >= 11 is 3.42. The molecule has 1 N–H and O–H groups in total. The molecule has 0 saturated carbocycles. The number of terminal acetylenes is 1. The Kier molecular flexibility index (Phi) is 4.19. The third kappa shape index (κ3) is 2.87. The highest BCUT2D eigenvalue weighted by molar-refractivity contribution is 9.10. The molecule has 0 spiro atoms. The Balaban J connectivity index is 2.76. The molecule has 1 aromatic carbocycles. The van der Waals surface area contributed by atoms with Crippen LogP contribution in [0.5, 0.6) is 0 Å². The average molecular weight is 253 g/mol. The summed E-state index contributed by atoms with van der Waals surface area (Å²) in [6, 6.07) is 5.84. The van der Waals surface area contributed by atoms with Gasteiger partial charge in [0.05, 0.1) is 6.10 Å². The maximum Gasteiger partial charge on any atom is 0.0799 e. The molecule has 0 aromatic heterocycles. The van der Waals surface area contributed by atoms with E-state index in [1.807, 2.05) is 25.1 Å². The van der Waals surface area contributed by atoms with Crippen LogP contribution in [0.4, 0.5) is 0 Å². The Morgan fingerprint density at radius 1 is 1.57 bits per heavy atom. The number of aliphatic hydroxyl groups is 1. The minimum Gasteiger partial charge on any atom is -0.388 e. The summed E-state index contributed by atoms with van der Waals surface area (Å²) < 4.78 is 1.06. The molecular weight excluding hydrogens is 240 g/mol. The molecule has 1 unspecified atom stereocenters. The molecule has 0 aliphatic heterocycles. The largest absolute Gasteiger partial charge is 0.388 e. The number of aryl methyl sites for hydroxylation is 1. The number of hydrogen-bond donors (Lipinski definition) is 1. The van der Waals surface area contributed by atoms with E-state index in [2.05, 4.69) is 21.9 Å². The summed E-state index contributed by atoms with van der Waals surface area (Å²) in [6.07, 6.45) is 5.92. The molecule has 74 valence electrons. The predicted octanol–water partition coefficient (Wildman–Crippen LogP) is 3.20. The molecule has 1 aromatic rings. The molecule has 2 heteroatoms. The van der Waals surface area contributed by atoms with E-state index in [9.17, 15) is 5.11 Å². The third-order valence-corrected chi connectivity index (χ3v) is 3.02. The predicted molar refractivity (Wildman–Crippen MR) is 61.9 cm³/mol. The van der Waals surface area contributed by atoms with E-state index in [1.165, 1.54) is 0 Å². The maximum atomic E-state index is 9.76. The van der Waals surface area contributed by atoms with Gasteiger partial charge < -0.3 is 5.11 Å². The lowest BCUT2D eigenvalue weighted by atomic mass is 10.0. The molecule has 0 aliphatic carbocycles. The third-order valence-electron chi connectivity index (χ3n) is 2.13. The normalized spacial score (nSPS) is 12.1. The van der Waals surface area contributed by atoms with Gasteiger partial charge in [0, 0.05) is 10.9 Å². The minimum absolute atomic E-state index is 0.446. The van der Waals surface area contributed by atoms with Gasteiger partial charge in [-0.2, -0.15) is 0 Å². The lowest BCUT2D eigenvalue weighted by molar-refractivity contribution is 0.169. The van der Waals surface area contributed by atoms with Crippen molar-refractivity contribution in [1.29, 1.82) is 0 Å².